The molecule has 0 aliphatic carbocycles. The molecule has 2 heterocycles. The molecule has 1 aliphatic rings. The molecule has 0 atom stereocenters. The number of carbonyl (C=O) groups excluding carboxylic acids is 3. The van der Waals surface area contributed by atoms with E-state index in [1.165, 1.54) is 11.3 Å². The number of amides is 2. The summed E-state index contributed by atoms with van der Waals surface area (Å²) in [6, 6.07) is 9.81. The first-order valence-corrected chi connectivity index (χ1v) is 13.2. The number of thiophene rings is 1. The van der Waals surface area contributed by atoms with E-state index in [9.17, 15) is 14.4 Å². The fourth-order valence-electron chi connectivity index (χ4n) is 4.45. The average molecular weight is 501 g/mol. The molecule has 2 amide bonds. The van der Waals surface area contributed by atoms with Gasteiger partial charge in [-0.2, -0.15) is 0 Å². The molecule has 1 fully saturated rings. The Balaban J connectivity index is 1.69. The lowest BCUT2D eigenvalue weighted by Crippen LogP contribution is -2.57. The maximum absolute atomic E-state index is 13.3. The van der Waals surface area contributed by atoms with Crippen LogP contribution in [0.1, 0.15) is 67.3 Å². The van der Waals surface area contributed by atoms with Gasteiger partial charge in [-0.3, -0.25) is 9.59 Å². The van der Waals surface area contributed by atoms with Crippen LogP contribution in [0.2, 0.25) is 0 Å². The van der Waals surface area contributed by atoms with Crippen LogP contribution in [0.3, 0.4) is 0 Å². The summed E-state index contributed by atoms with van der Waals surface area (Å²) < 4.78 is 5.95. The van der Waals surface area contributed by atoms with Gasteiger partial charge in [-0.1, -0.05) is 30.3 Å². The topological polar surface area (TPSA) is 84.5 Å². The number of hydrogen-bond acceptors (Lipinski definition) is 5. The van der Waals surface area contributed by atoms with Crippen molar-refractivity contribution >= 4 is 34.8 Å². The van der Waals surface area contributed by atoms with Crippen LogP contribution in [-0.2, 0) is 20.9 Å². The van der Waals surface area contributed by atoms with E-state index >= 15 is 0 Å². The minimum Gasteiger partial charge on any atom is -0.456 e. The molecule has 8 heteroatoms. The third-order valence-corrected chi connectivity index (χ3v) is 7.21. The van der Waals surface area contributed by atoms with Crippen LogP contribution in [0.4, 0.5) is 5.69 Å². The summed E-state index contributed by atoms with van der Waals surface area (Å²) in [5.74, 6) is -0.677. The molecule has 190 valence electrons. The fourth-order valence-corrected chi connectivity index (χ4v) is 5.33. The first kappa shape index (κ1) is 26.9. The summed E-state index contributed by atoms with van der Waals surface area (Å²) in [5, 5.41) is 7.84. The maximum atomic E-state index is 13.3. The SMILES string of the molecule is Cc1csc(C(=O)OC(C)(C)C)c1NC(=O)C[N+]1(CC(=O)NCc2ccccc2)CCCCCC1. The van der Waals surface area contributed by atoms with Gasteiger partial charge in [0.1, 0.15) is 10.5 Å². The second-order valence-electron chi connectivity index (χ2n) is 10.5. The summed E-state index contributed by atoms with van der Waals surface area (Å²) in [7, 11) is 0. The van der Waals surface area contributed by atoms with Gasteiger partial charge in [0.2, 0.25) is 0 Å². The summed E-state index contributed by atoms with van der Waals surface area (Å²) in [4.78, 5) is 39.3. The molecule has 0 radical (unpaired) electrons. The quantitative estimate of drug-likeness (QED) is 0.408. The molecule has 0 unspecified atom stereocenters. The minimum atomic E-state index is -0.620. The molecule has 1 saturated heterocycles. The van der Waals surface area contributed by atoms with Gasteiger partial charge in [0.05, 0.1) is 18.8 Å². The highest BCUT2D eigenvalue weighted by molar-refractivity contribution is 7.12. The van der Waals surface area contributed by atoms with Crippen LogP contribution in [0.25, 0.3) is 0 Å². The van der Waals surface area contributed by atoms with Crippen LogP contribution >= 0.6 is 11.3 Å². The van der Waals surface area contributed by atoms with Crippen molar-refractivity contribution in [3.8, 4) is 0 Å². The number of nitrogens with zero attached hydrogens (tertiary/aromatic N) is 1. The van der Waals surface area contributed by atoms with Crippen molar-refractivity contribution in [1.82, 2.24) is 5.32 Å². The number of likely N-dealkylation sites (tertiary alicyclic amines) is 1. The molecule has 3 rings (SSSR count). The molecular weight excluding hydrogens is 462 g/mol. The van der Waals surface area contributed by atoms with E-state index in [4.69, 9.17) is 4.74 Å². The van der Waals surface area contributed by atoms with Gasteiger partial charge in [-0.25, -0.2) is 4.79 Å². The third kappa shape index (κ3) is 8.18. The first-order valence-electron chi connectivity index (χ1n) is 12.3. The Labute approximate surface area is 212 Å². The monoisotopic (exact) mass is 500 g/mol. The number of nitrogens with one attached hydrogen (secondary N) is 2. The number of carbonyl (C=O) groups is 3. The van der Waals surface area contributed by atoms with Gasteiger partial charge in [0.15, 0.2) is 13.1 Å². The second kappa shape index (κ2) is 11.8. The molecule has 2 aromatic rings. The van der Waals surface area contributed by atoms with Crippen LogP contribution < -0.4 is 10.6 Å². The molecular formula is C27H38N3O4S+. The van der Waals surface area contributed by atoms with Gasteiger partial charge < -0.3 is 19.9 Å². The largest absolute Gasteiger partial charge is 0.456 e. The lowest BCUT2D eigenvalue weighted by Gasteiger charge is -2.36. The fraction of sp³-hybridized carbons (Fsp3) is 0.519. The Hall–Kier alpha value is -2.71. The second-order valence-corrected chi connectivity index (χ2v) is 11.3. The van der Waals surface area contributed by atoms with E-state index in [-0.39, 0.29) is 24.9 Å². The number of esters is 1. The number of benzene rings is 1. The number of anilines is 1. The summed E-state index contributed by atoms with van der Waals surface area (Å²) in [6.07, 6.45) is 4.19. The smallest absolute Gasteiger partial charge is 0.351 e. The highest BCUT2D eigenvalue weighted by Crippen LogP contribution is 2.30. The van der Waals surface area contributed by atoms with Gasteiger partial charge >= 0.3 is 5.97 Å². The van der Waals surface area contributed by atoms with Crippen molar-refractivity contribution in [3.05, 3.63) is 51.7 Å². The summed E-state index contributed by atoms with van der Waals surface area (Å²) in [5.41, 5.74) is 1.76. The number of rotatable bonds is 8. The highest BCUT2D eigenvalue weighted by atomic mass is 32.1. The van der Waals surface area contributed by atoms with E-state index in [1.807, 2.05) is 63.4 Å². The van der Waals surface area contributed by atoms with E-state index in [0.29, 0.717) is 21.6 Å². The number of quaternary nitrogens is 1. The van der Waals surface area contributed by atoms with Crippen molar-refractivity contribution in [2.24, 2.45) is 0 Å². The predicted molar refractivity (Wildman–Crippen MR) is 139 cm³/mol. The Morgan fingerprint density at radius 1 is 0.971 bits per heavy atom. The Kier molecular flexibility index (Phi) is 9.08. The zero-order chi connectivity index (χ0) is 25.5. The van der Waals surface area contributed by atoms with E-state index < -0.39 is 11.6 Å². The van der Waals surface area contributed by atoms with Crippen molar-refractivity contribution in [2.45, 2.75) is 65.5 Å². The van der Waals surface area contributed by atoms with Crippen molar-refractivity contribution < 1.29 is 23.6 Å². The predicted octanol–water partition coefficient (Wildman–Crippen LogP) is 4.66. The number of hydrogen-bond donors (Lipinski definition) is 2. The van der Waals surface area contributed by atoms with Gasteiger partial charge in [-0.15, -0.1) is 11.3 Å². The van der Waals surface area contributed by atoms with Crippen molar-refractivity contribution in [1.29, 1.82) is 0 Å². The van der Waals surface area contributed by atoms with E-state index in [2.05, 4.69) is 10.6 Å². The first-order chi connectivity index (χ1) is 16.6. The van der Waals surface area contributed by atoms with Gasteiger partial charge in [0.25, 0.3) is 11.8 Å². The molecule has 1 aromatic heterocycles. The zero-order valence-electron chi connectivity index (χ0n) is 21.3. The zero-order valence-corrected chi connectivity index (χ0v) is 22.1. The Bertz CT molecular complexity index is 1020. The molecule has 2 N–H and O–H groups in total. The van der Waals surface area contributed by atoms with Crippen LogP contribution in [0.5, 0.6) is 0 Å². The van der Waals surface area contributed by atoms with Crippen LogP contribution in [0.15, 0.2) is 35.7 Å². The molecule has 0 spiro atoms. The molecule has 1 aromatic carbocycles. The molecule has 0 saturated carbocycles. The van der Waals surface area contributed by atoms with Crippen molar-refractivity contribution in [2.75, 3.05) is 31.5 Å². The highest BCUT2D eigenvalue weighted by Gasteiger charge is 2.35. The van der Waals surface area contributed by atoms with Crippen molar-refractivity contribution in [3.63, 3.8) is 0 Å². The number of ether oxygens (including phenoxy) is 1. The molecule has 0 bridgehead atoms. The lowest BCUT2D eigenvalue weighted by molar-refractivity contribution is -0.912. The van der Waals surface area contributed by atoms with Gasteiger partial charge in [-0.05, 0) is 69.9 Å². The molecule has 1 aliphatic heterocycles. The Morgan fingerprint density at radius 2 is 1.60 bits per heavy atom. The Morgan fingerprint density at radius 3 is 2.23 bits per heavy atom. The minimum absolute atomic E-state index is 0.0512. The summed E-state index contributed by atoms with van der Waals surface area (Å²) in [6.45, 7) is 9.83. The van der Waals surface area contributed by atoms with Crippen LogP contribution in [-0.4, -0.2) is 54.0 Å². The summed E-state index contributed by atoms with van der Waals surface area (Å²) >= 11 is 1.27. The number of aryl methyl sites for hydroxylation is 1. The maximum Gasteiger partial charge on any atom is 0.351 e. The normalized spacial score (nSPS) is 15.7. The standard InChI is InChI=1S/C27H37N3O4S/c1-20-19-35-25(26(33)34-27(2,3)4)24(20)29-23(32)18-30(14-10-5-6-11-15-30)17-22(31)28-16-21-12-8-7-9-13-21/h7-9,12-13,19H,5-6,10-11,14-18H2,1-4H3,(H-,28,29,31,32,33)/p+1. The average Bonchev–Trinajstić information content (AvgIpc) is 2.99. The third-order valence-electron chi connectivity index (χ3n) is 6.13. The van der Waals surface area contributed by atoms with Crippen LogP contribution in [0, 0.1) is 6.92 Å². The van der Waals surface area contributed by atoms with E-state index in [1.54, 1.807) is 0 Å². The van der Waals surface area contributed by atoms with Gasteiger partial charge in [0, 0.05) is 6.54 Å². The molecule has 35 heavy (non-hydrogen) atoms. The molecule has 7 nitrogen and oxygen atoms in total. The lowest BCUT2D eigenvalue weighted by atomic mass is 10.2. The van der Waals surface area contributed by atoms with E-state index in [0.717, 1.165) is 49.9 Å².